The van der Waals surface area contributed by atoms with Crippen molar-refractivity contribution < 1.29 is 10.2 Å². The Morgan fingerprint density at radius 2 is 1.62 bits per heavy atom. The van der Waals surface area contributed by atoms with Crippen molar-refractivity contribution in [3.05, 3.63) is 0 Å². The highest BCUT2D eigenvalue weighted by Gasteiger charge is 2.48. The molecule has 13 heavy (non-hydrogen) atoms. The van der Waals surface area contributed by atoms with Gasteiger partial charge < -0.3 is 15.5 Å². The van der Waals surface area contributed by atoms with Crippen LogP contribution in [0.1, 0.15) is 25.7 Å². The van der Waals surface area contributed by atoms with E-state index in [2.05, 4.69) is 5.32 Å². The topological polar surface area (TPSA) is 52.5 Å². The summed E-state index contributed by atoms with van der Waals surface area (Å²) in [7, 11) is 1.87. The molecular weight excluding hydrogens is 166 g/mol. The van der Waals surface area contributed by atoms with Gasteiger partial charge in [-0.15, -0.1) is 0 Å². The number of aliphatic hydroxyl groups is 2. The summed E-state index contributed by atoms with van der Waals surface area (Å²) < 4.78 is 0. The third-order valence-electron chi connectivity index (χ3n) is 3.83. The maximum Gasteiger partial charge on any atom is 0.0957 e. The molecule has 3 nitrogen and oxygen atoms in total. The zero-order chi connectivity index (χ0) is 9.42. The van der Waals surface area contributed by atoms with Gasteiger partial charge in [-0.2, -0.15) is 0 Å². The Morgan fingerprint density at radius 3 is 2.23 bits per heavy atom. The van der Waals surface area contributed by atoms with Gasteiger partial charge in [-0.1, -0.05) is 12.8 Å². The predicted octanol–water partition coefficient (Wildman–Crippen LogP) is 0.116. The summed E-state index contributed by atoms with van der Waals surface area (Å²) in [4.78, 5) is 0. The third-order valence-corrected chi connectivity index (χ3v) is 3.83. The van der Waals surface area contributed by atoms with E-state index in [1.54, 1.807) is 0 Å². The van der Waals surface area contributed by atoms with Gasteiger partial charge in [0.15, 0.2) is 0 Å². The Hall–Kier alpha value is -0.120. The molecule has 0 aliphatic heterocycles. The van der Waals surface area contributed by atoms with Crippen LogP contribution < -0.4 is 5.32 Å². The lowest BCUT2D eigenvalue weighted by atomic mass is 9.80. The standard InChI is InChI=1S/C10H19NO2/c1-11-8-6-4-2-3-5-7(6)9(12)10(8)13/h6-13H,2-5H2,1H3/t6?,7?,8-,9+,10-/m0/s1. The first kappa shape index (κ1) is 9.44. The molecule has 2 saturated carbocycles. The van der Waals surface area contributed by atoms with Crippen molar-refractivity contribution in [2.75, 3.05) is 7.05 Å². The summed E-state index contributed by atoms with van der Waals surface area (Å²) in [6.45, 7) is 0. The van der Waals surface area contributed by atoms with Crippen LogP contribution >= 0.6 is 0 Å². The fourth-order valence-electron chi connectivity index (χ4n) is 3.16. The molecule has 5 atom stereocenters. The predicted molar refractivity (Wildman–Crippen MR) is 50.3 cm³/mol. The Balaban J connectivity index is 2.14. The molecule has 0 aromatic carbocycles. The molecule has 0 radical (unpaired) electrons. The number of aliphatic hydroxyl groups excluding tert-OH is 2. The summed E-state index contributed by atoms with van der Waals surface area (Å²) in [6.07, 6.45) is 3.65. The quantitative estimate of drug-likeness (QED) is 0.544. The van der Waals surface area contributed by atoms with Gasteiger partial charge >= 0.3 is 0 Å². The van der Waals surface area contributed by atoms with E-state index in [1.807, 2.05) is 7.05 Å². The summed E-state index contributed by atoms with van der Waals surface area (Å²) >= 11 is 0. The minimum Gasteiger partial charge on any atom is -0.390 e. The molecule has 2 unspecified atom stereocenters. The van der Waals surface area contributed by atoms with Crippen LogP contribution in [0.25, 0.3) is 0 Å². The Kier molecular flexibility index (Phi) is 2.58. The van der Waals surface area contributed by atoms with Crippen LogP contribution in [0.5, 0.6) is 0 Å². The molecule has 2 aliphatic rings. The molecule has 0 saturated heterocycles. The zero-order valence-electron chi connectivity index (χ0n) is 8.11. The van der Waals surface area contributed by atoms with E-state index in [0.29, 0.717) is 11.8 Å². The highest BCUT2D eigenvalue weighted by Crippen LogP contribution is 2.42. The second-order valence-corrected chi connectivity index (χ2v) is 4.41. The largest absolute Gasteiger partial charge is 0.390 e. The lowest BCUT2D eigenvalue weighted by Crippen LogP contribution is -2.40. The summed E-state index contributed by atoms with van der Waals surface area (Å²) in [5, 5.41) is 22.7. The van der Waals surface area contributed by atoms with E-state index < -0.39 is 12.2 Å². The smallest absolute Gasteiger partial charge is 0.0957 e. The SMILES string of the molecule is CN[C@H]1C2CCCCC2[C@@H](O)[C@H]1O. The molecule has 0 aromatic rings. The van der Waals surface area contributed by atoms with E-state index in [0.717, 1.165) is 12.8 Å². The average Bonchev–Trinajstić information content (AvgIpc) is 2.41. The third kappa shape index (κ3) is 1.39. The second-order valence-electron chi connectivity index (χ2n) is 4.41. The molecule has 76 valence electrons. The molecule has 0 aromatic heterocycles. The highest BCUT2D eigenvalue weighted by atomic mass is 16.3. The van der Waals surface area contributed by atoms with Gasteiger partial charge in [0.2, 0.25) is 0 Å². The first-order valence-electron chi connectivity index (χ1n) is 5.29. The van der Waals surface area contributed by atoms with Crippen LogP contribution in [-0.2, 0) is 0 Å². The Morgan fingerprint density at radius 1 is 1.00 bits per heavy atom. The number of rotatable bonds is 1. The van der Waals surface area contributed by atoms with E-state index in [9.17, 15) is 10.2 Å². The number of fused-ring (bicyclic) bond motifs is 1. The lowest BCUT2D eigenvalue weighted by molar-refractivity contribution is 0.00834. The molecular formula is C10H19NO2. The molecule has 2 rings (SSSR count). The molecule has 0 bridgehead atoms. The van der Waals surface area contributed by atoms with Gasteiger partial charge in [-0.05, 0) is 31.7 Å². The van der Waals surface area contributed by atoms with E-state index in [4.69, 9.17) is 0 Å². The first-order valence-corrected chi connectivity index (χ1v) is 5.29. The first-order chi connectivity index (χ1) is 6.25. The van der Waals surface area contributed by atoms with E-state index >= 15 is 0 Å². The zero-order valence-corrected chi connectivity index (χ0v) is 8.11. The van der Waals surface area contributed by atoms with Crippen molar-refractivity contribution in [3.8, 4) is 0 Å². The number of nitrogens with one attached hydrogen (secondary N) is 1. The van der Waals surface area contributed by atoms with Gasteiger partial charge in [0.05, 0.1) is 12.2 Å². The maximum atomic E-state index is 9.80. The molecule has 3 heteroatoms. The number of hydrogen-bond acceptors (Lipinski definition) is 3. The van der Waals surface area contributed by atoms with Crippen LogP contribution in [0.15, 0.2) is 0 Å². The fraction of sp³-hybridized carbons (Fsp3) is 1.00. The highest BCUT2D eigenvalue weighted by molar-refractivity contribution is 5.02. The molecule has 0 amide bonds. The van der Waals surface area contributed by atoms with Crippen molar-refractivity contribution in [3.63, 3.8) is 0 Å². The normalized spacial score (nSPS) is 50.5. The molecule has 2 aliphatic carbocycles. The van der Waals surface area contributed by atoms with Gasteiger partial charge in [-0.25, -0.2) is 0 Å². The number of hydrogen-bond donors (Lipinski definition) is 3. The van der Waals surface area contributed by atoms with Gasteiger partial charge in [0.1, 0.15) is 0 Å². The summed E-state index contributed by atoms with van der Waals surface area (Å²) in [5.41, 5.74) is 0. The minimum absolute atomic E-state index is 0.111. The molecule has 3 N–H and O–H groups in total. The maximum absolute atomic E-state index is 9.80. The molecule has 0 spiro atoms. The van der Waals surface area contributed by atoms with Gasteiger partial charge in [-0.3, -0.25) is 0 Å². The second kappa shape index (κ2) is 3.56. The van der Waals surface area contributed by atoms with E-state index in [1.165, 1.54) is 12.8 Å². The lowest BCUT2D eigenvalue weighted by Gasteiger charge is -2.29. The van der Waals surface area contributed by atoms with Crippen LogP contribution in [0.2, 0.25) is 0 Å². The number of likely N-dealkylation sites (N-methyl/N-ethyl adjacent to an activating group) is 1. The summed E-state index contributed by atoms with van der Waals surface area (Å²) in [5.74, 6) is 0.824. The van der Waals surface area contributed by atoms with Gasteiger partial charge in [0.25, 0.3) is 0 Å². The Bertz CT molecular complexity index is 176. The average molecular weight is 185 g/mol. The van der Waals surface area contributed by atoms with Crippen LogP contribution in [0.3, 0.4) is 0 Å². The molecule has 0 heterocycles. The summed E-state index contributed by atoms with van der Waals surface area (Å²) in [6, 6.07) is 0.111. The molecule has 2 fully saturated rings. The van der Waals surface area contributed by atoms with Crippen LogP contribution in [0.4, 0.5) is 0 Å². The minimum atomic E-state index is -0.557. The van der Waals surface area contributed by atoms with Crippen molar-refractivity contribution in [2.45, 2.75) is 43.9 Å². The Labute approximate surface area is 79.2 Å². The monoisotopic (exact) mass is 185 g/mol. The van der Waals surface area contributed by atoms with Crippen LogP contribution in [-0.4, -0.2) is 35.5 Å². The van der Waals surface area contributed by atoms with Gasteiger partial charge in [0, 0.05) is 6.04 Å². The van der Waals surface area contributed by atoms with Crippen LogP contribution in [0, 0.1) is 11.8 Å². The van der Waals surface area contributed by atoms with E-state index in [-0.39, 0.29) is 6.04 Å². The van der Waals surface area contributed by atoms with Crippen molar-refractivity contribution in [1.82, 2.24) is 5.32 Å². The van der Waals surface area contributed by atoms with Crippen molar-refractivity contribution in [2.24, 2.45) is 11.8 Å². The fourth-order valence-corrected chi connectivity index (χ4v) is 3.16. The van der Waals surface area contributed by atoms with Crippen molar-refractivity contribution >= 4 is 0 Å². The van der Waals surface area contributed by atoms with Crippen molar-refractivity contribution in [1.29, 1.82) is 0 Å².